The smallest absolute Gasteiger partial charge is 0 e. The topological polar surface area (TPSA) is 0 Å². The van der Waals surface area contributed by atoms with Gasteiger partial charge in [-0.2, -0.15) is 0 Å². The van der Waals surface area contributed by atoms with Crippen LogP contribution in [0, 0.1) is 0 Å². The Labute approximate surface area is 94.0 Å². The fourth-order valence-electron chi connectivity index (χ4n) is 0. The van der Waals surface area contributed by atoms with Crippen molar-refractivity contribution >= 4 is 17.4 Å². The van der Waals surface area contributed by atoms with Crippen molar-refractivity contribution in [3.8, 4) is 0 Å². The Morgan fingerprint density at radius 2 is 0.800 bits per heavy atom. The molecular formula is AlAuCr2Pt. The molecule has 0 bridgehead atoms. The van der Waals surface area contributed by atoms with Crippen LogP contribution >= 0.6 is 0 Å². The summed E-state index contributed by atoms with van der Waals surface area (Å²) in [4.78, 5) is 0. The minimum atomic E-state index is 0. The van der Waals surface area contributed by atoms with Crippen molar-refractivity contribution in [3.63, 3.8) is 0 Å². The number of rotatable bonds is 0. The average molecular weight is 523 g/mol. The van der Waals surface area contributed by atoms with Crippen LogP contribution in [0.2, 0.25) is 0 Å². The van der Waals surface area contributed by atoms with E-state index in [4.69, 9.17) is 0 Å². The Morgan fingerprint density at radius 1 is 0.800 bits per heavy atom. The second-order valence-corrected chi connectivity index (χ2v) is 0. The van der Waals surface area contributed by atoms with Gasteiger partial charge < -0.3 is 0 Å². The standard InChI is InChI=1S/Al.Au.2Cr.Pt. The predicted molar refractivity (Wildman–Crippen MR) is 5.75 cm³/mol. The molecule has 0 aromatic rings. The molecule has 0 fully saturated rings. The van der Waals surface area contributed by atoms with Crippen LogP contribution in [0.4, 0.5) is 0 Å². The summed E-state index contributed by atoms with van der Waals surface area (Å²) in [7, 11) is 0. The maximum atomic E-state index is 0. The van der Waals surface area contributed by atoms with Gasteiger partial charge in [-0.1, -0.05) is 0 Å². The second kappa shape index (κ2) is 27.9. The fourth-order valence-corrected chi connectivity index (χ4v) is 0. The van der Waals surface area contributed by atoms with Gasteiger partial charge in [0.2, 0.25) is 0 Å². The quantitative estimate of drug-likeness (QED) is 0.380. The SMILES string of the molecule is [Al].[Au].[Cr].[Cr].[Pt]. The first kappa shape index (κ1) is 43.3. The minimum absolute atomic E-state index is 0. The van der Waals surface area contributed by atoms with E-state index in [0.29, 0.717) is 0 Å². The molecule has 0 spiro atoms. The second-order valence-electron chi connectivity index (χ2n) is 0. The molecular weight excluding hydrogens is 523 g/mol. The van der Waals surface area contributed by atoms with Gasteiger partial charge in [0.1, 0.15) is 0 Å². The summed E-state index contributed by atoms with van der Waals surface area (Å²) in [5, 5.41) is 0. The van der Waals surface area contributed by atoms with Crippen molar-refractivity contribution in [2.45, 2.75) is 0 Å². The summed E-state index contributed by atoms with van der Waals surface area (Å²) in [6.45, 7) is 0. The van der Waals surface area contributed by atoms with Crippen molar-refractivity contribution in [3.05, 3.63) is 0 Å². The molecule has 0 aromatic heterocycles. The van der Waals surface area contributed by atoms with Gasteiger partial charge in [-0.05, 0) is 0 Å². The summed E-state index contributed by atoms with van der Waals surface area (Å²) in [6.07, 6.45) is 0. The molecule has 0 saturated heterocycles. The molecule has 0 aliphatic carbocycles. The first-order chi connectivity index (χ1) is 0. The van der Waals surface area contributed by atoms with Crippen LogP contribution < -0.4 is 0 Å². The Bertz CT molecular complexity index is 9.61. The molecule has 0 aliphatic heterocycles. The third-order valence-electron chi connectivity index (χ3n) is 0. The molecule has 0 aliphatic rings. The Balaban J connectivity index is 0. The summed E-state index contributed by atoms with van der Waals surface area (Å²) in [5.74, 6) is 0. The fraction of sp³-hybridized carbons (Fsp3) is 0. The van der Waals surface area contributed by atoms with Crippen molar-refractivity contribution in [2.24, 2.45) is 0 Å². The predicted octanol–water partition coefficient (Wildman–Crippen LogP) is -0.391. The van der Waals surface area contributed by atoms with Gasteiger partial charge in [-0.15, -0.1) is 0 Å². The zero-order valence-corrected chi connectivity index (χ0v) is 10.2. The third-order valence-corrected chi connectivity index (χ3v) is 0. The minimum Gasteiger partial charge on any atom is 0 e. The van der Waals surface area contributed by atoms with E-state index in [9.17, 15) is 0 Å². The summed E-state index contributed by atoms with van der Waals surface area (Å²) < 4.78 is 0. The molecule has 0 rings (SSSR count). The largest absolute Gasteiger partial charge is 0 e. The zero-order valence-electron chi connectivity index (χ0n) is 2.01. The average Bonchev–Trinajstić information content (AvgIpc) is 0. The van der Waals surface area contributed by atoms with E-state index in [1.165, 1.54) is 0 Å². The number of hydrogen-bond acceptors (Lipinski definition) is 0. The summed E-state index contributed by atoms with van der Waals surface area (Å²) in [6, 6.07) is 0. The summed E-state index contributed by atoms with van der Waals surface area (Å²) in [5.41, 5.74) is 0. The molecule has 0 amide bonds. The van der Waals surface area contributed by atoms with Crippen LogP contribution in [0.3, 0.4) is 0 Å². The van der Waals surface area contributed by atoms with Gasteiger partial charge in [0.05, 0.1) is 0 Å². The van der Waals surface area contributed by atoms with Crippen LogP contribution in [-0.4, -0.2) is 17.4 Å². The van der Waals surface area contributed by atoms with E-state index in [0.717, 1.165) is 0 Å². The first-order valence-electron chi connectivity index (χ1n) is 0. The summed E-state index contributed by atoms with van der Waals surface area (Å²) >= 11 is 0. The maximum Gasteiger partial charge on any atom is 0 e. The number of hydrogen-bond donors (Lipinski definition) is 0. The van der Waals surface area contributed by atoms with Crippen LogP contribution in [0.25, 0.3) is 0 Å². The Hall–Kier alpha value is 3.03. The van der Waals surface area contributed by atoms with E-state index in [1.807, 2.05) is 0 Å². The molecule has 0 unspecified atom stereocenters. The molecule has 5 heteroatoms. The molecule has 0 N–H and O–H groups in total. The van der Waals surface area contributed by atoms with Gasteiger partial charge in [0, 0.05) is 95.5 Å². The molecule has 0 aromatic carbocycles. The first-order valence-corrected chi connectivity index (χ1v) is 0. The molecule has 0 heterocycles. The van der Waals surface area contributed by atoms with Crippen molar-refractivity contribution in [2.75, 3.05) is 0 Å². The van der Waals surface area contributed by atoms with Crippen LogP contribution in [0.5, 0.6) is 0 Å². The van der Waals surface area contributed by atoms with Gasteiger partial charge in [-0.3, -0.25) is 0 Å². The van der Waals surface area contributed by atoms with E-state index in [2.05, 4.69) is 0 Å². The van der Waals surface area contributed by atoms with Crippen molar-refractivity contribution in [1.82, 2.24) is 0 Å². The van der Waals surface area contributed by atoms with Crippen LogP contribution in [0.1, 0.15) is 0 Å². The molecule has 4 radical (unpaired) electrons. The van der Waals surface area contributed by atoms with Gasteiger partial charge in [0.15, 0.2) is 0 Å². The van der Waals surface area contributed by atoms with E-state index < -0.39 is 0 Å². The molecule has 0 saturated carbocycles. The Kier molecular flexibility index (Phi) is 241. The van der Waals surface area contributed by atoms with E-state index >= 15 is 0 Å². The zero-order chi connectivity index (χ0) is 0. The van der Waals surface area contributed by atoms with Gasteiger partial charge in [0.25, 0.3) is 0 Å². The van der Waals surface area contributed by atoms with Crippen molar-refractivity contribution in [1.29, 1.82) is 0 Å². The van der Waals surface area contributed by atoms with Crippen LogP contribution in [0.15, 0.2) is 0 Å². The van der Waals surface area contributed by atoms with E-state index in [-0.39, 0.29) is 95.5 Å². The van der Waals surface area contributed by atoms with Gasteiger partial charge in [-0.25, -0.2) is 0 Å². The van der Waals surface area contributed by atoms with E-state index in [1.54, 1.807) is 0 Å². The molecule has 0 nitrogen and oxygen atoms in total. The Morgan fingerprint density at radius 3 is 0.800 bits per heavy atom. The maximum absolute atomic E-state index is 0. The monoisotopic (exact) mass is 523 g/mol. The molecule has 5 heavy (non-hydrogen) atoms. The van der Waals surface area contributed by atoms with Crippen molar-refractivity contribution < 1.29 is 78.2 Å². The third kappa shape index (κ3) is 19.4. The molecule has 36 valence electrons. The van der Waals surface area contributed by atoms with Crippen LogP contribution in [-0.2, 0) is 78.2 Å². The molecule has 0 atom stereocenters. The van der Waals surface area contributed by atoms with Gasteiger partial charge >= 0.3 is 0 Å². The normalized spacial score (nSPS) is 0.